The number of nitrogen functional groups attached to an aromatic ring is 1. The Morgan fingerprint density at radius 3 is 2.58 bits per heavy atom. The molecule has 0 heterocycles. The highest BCUT2D eigenvalue weighted by atomic mass is 19.1. The lowest BCUT2D eigenvalue weighted by Gasteiger charge is -2.20. The first kappa shape index (κ1) is 13.8. The molecule has 1 aromatic rings. The van der Waals surface area contributed by atoms with Crippen molar-refractivity contribution in [2.45, 2.75) is 38.5 Å². The van der Waals surface area contributed by atoms with Crippen LogP contribution in [0.3, 0.4) is 0 Å². The zero-order valence-corrected chi connectivity index (χ0v) is 10.7. The molecular formula is C14H18F2N2O. The summed E-state index contributed by atoms with van der Waals surface area (Å²) in [5.41, 5.74) is 5.13. The molecule has 1 saturated carbocycles. The van der Waals surface area contributed by atoms with Crippen LogP contribution in [0, 0.1) is 17.6 Å². The van der Waals surface area contributed by atoms with E-state index >= 15 is 0 Å². The Hall–Kier alpha value is -1.65. The monoisotopic (exact) mass is 268 g/mol. The predicted octanol–water partition coefficient (Wildman–Crippen LogP) is 3.46. The van der Waals surface area contributed by atoms with Crippen LogP contribution < -0.4 is 11.1 Å². The van der Waals surface area contributed by atoms with Crippen LogP contribution in [0.5, 0.6) is 0 Å². The van der Waals surface area contributed by atoms with E-state index < -0.39 is 11.6 Å². The second-order valence-electron chi connectivity index (χ2n) is 5.11. The molecule has 0 spiro atoms. The summed E-state index contributed by atoms with van der Waals surface area (Å²) in [5, 5.41) is 2.46. The van der Waals surface area contributed by atoms with Crippen molar-refractivity contribution in [3.63, 3.8) is 0 Å². The zero-order chi connectivity index (χ0) is 13.8. The average Bonchev–Trinajstić information content (AvgIpc) is 2.37. The van der Waals surface area contributed by atoms with Gasteiger partial charge in [0.05, 0.1) is 11.4 Å². The zero-order valence-electron chi connectivity index (χ0n) is 10.7. The minimum absolute atomic E-state index is 0.0558. The van der Waals surface area contributed by atoms with Gasteiger partial charge in [-0.3, -0.25) is 4.79 Å². The van der Waals surface area contributed by atoms with E-state index in [1.807, 2.05) is 0 Å². The molecule has 19 heavy (non-hydrogen) atoms. The van der Waals surface area contributed by atoms with Crippen LogP contribution in [-0.4, -0.2) is 5.91 Å². The Balaban J connectivity index is 1.96. The predicted molar refractivity (Wildman–Crippen MR) is 70.6 cm³/mol. The Kier molecular flexibility index (Phi) is 4.35. The first-order chi connectivity index (χ1) is 9.06. The van der Waals surface area contributed by atoms with Crippen molar-refractivity contribution in [1.82, 2.24) is 0 Å². The van der Waals surface area contributed by atoms with E-state index in [0.29, 0.717) is 18.4 Å². The molecule has 104 valence electrons. The fourth-order valence-electron chi connectivity index (χ4n) is 2.52. The first-order valence-electron chi connectivity index (χ1n) is 6.60. The smallest absolute Gasteiger partial charge is 0.224 e. The number of nitrogens with one attached hydrogen (secondary N) is 1. The van der Waals surface area contributed by atoms with Crippen LogP contribution in [-0.2, 0) is 4.79 Å². The van der Waals surface area contributed by atoms with Gasteiger partial charge in [0.25, 0.3) is 0 Å². The first-order valence-corrected chi connectivity index (χ1v) is 6.60. The van der Waals surface area contributed by atoms with Crippen molar-refractivity contribution in [2.75, 3.05) is 11.1 Å². The number of anilines is 2. The summed E-state index contributed by atoms with van der Waals surface area (Å²) >= 11 is 0. The maximum Gasteiger partial charge on any atom is 0.224 e. The lowest BCUT2D eigenvalue weighted by molar-refractivity contribution is -0.117. The van der Waals surface area contributed by atoms with Gasteiger partial charge in [-0.1, -0.05) is 19.3 Å². The van der Waals surface area contributed by atoms with Gasteiger partial charge in [-0.15, -0.1) is 0 Å². The molecule has 0 aromatic heterocycles. The third kappa shape index (κ3) is 3.66. The lowest BCUT2D eigenvalue weighted by atomic mass is 9.87. The Morgan fingerprint density at radius 1 is 1.21 bits per heavy atom. The van der Waals surface area contributed by atoms with E-state index in [0.717, 1.165) is 31.7 Å². The molecule has 1 aliphatic rings. The summed E-state index contributed by atoms with van der Waals surface area (Å²) in [6, 6.07) is 1.80. The number of halogens is 2. The Labute approximate surface area is 111 Å². The quantitative estimate of drug-likeness (QED) is 0.825. The van der Waals surface area contributed by atoms with Crippen LogP contribution in [0.25, 0.3) is 0 Å². The molecule has 0 bridgehead atoms. The number of hydrogen-bond acceptors (Lipinski definition) is 2. The maximum atomic E-state index is 13.5. The average molecular weight is 268 g/mol. The fourth-order valence-corrected chi connectivity index (χ4v) is 2.52. The molecule has 5 heteroatoms. The van der Waals surface area contributed by atoms with E-state index in [4.69, 9.17) is 5.73 Å². The SMILES string of the molecule is Nc1cc(NC(=O)CC2CCCCC2)c(F)cc1F. The van der Waals surface area contributed by atoms with Gasteiger partial charge in [-0.05, 0) is 24.8 Å². The minimum Gasteiger partial charge on any atom is -0.396 e. The number of rotatable bonds is 3. The Bertz CT molecular complexity index is 471. The van der Waals surface area contributed by atoms with Gasteiger partial charge in [-0.25, -0.2) is 8.78 Å². The van der Waals surface area contributed by atoms with Crippen molar-refractivity contribution >= 4 is 17.3 Å². The molecule has 0 atom stereocenters. The second-order valence-corrected chi connectivity index (χ2v) is 5.11. The summed E-state index contributed by atoms with van der Waals surface area (Å²) in [6.45, 7) is 0. The summed E-state index contributed by atoms with van der Waals surface area (Å²) < 4.78 is 26.5. The van der Waals surface area contributed by atoms with Crippen molar-refractivity contribution in [3.8, 4) is 0 Å². The number of carbonyl (C=O) groups excluding carboxylic acids is 1. The van der Waals surface area contributed by atoms with Crippen LogP contribution in [0.4, 0.5) is 20.2 Å². The largest absolute Gasteiger partial charge is 0.396 e. The summed E-state index contributed by atoms with van der Waals surface area (Å²) in [4.78, 5) is 11.8. The minimum atomic E-state index is -0.817. The third-order valence-corrected chi connectivity index (χ3v) is 3.56. The molecule has 0 unspecified atom stereocenters. The van der Waals surface area contributed by atoms with Gasteiger partial charge in [0.2, 0.25) is 5.91 Å². The number of carbonyl (C=O) groups is 1. The van der Waals surface area contributed by atoms with Gasteiger partial charge in [0.1, 0.15) is 11.6 Å². The highest BCUT2D eigenvalue weighted by molar-refractivity contribution is 5.91. The number of benzene rings is 1. The standard InChI is InChI=1S/C14H18F2N2O/c15-10-7-11(16)13(8-12(10)17)18-14(19)6-9-4-2-1-3-5-9/h7-9H,1-6,17H2,(H,18,19). The normalized spacial score (nSPS) is 16.3. The van der Waals surface area contributed by atoms with Crippen LogP contribution in [0.15, 0.2) is 12.1 Å². The van der Waals surface area contributed by atoms with Gasteiger partial charge in [0.15, 0.2) is 0 Å². The van der Waals surface area contributed by atoms with Crippen molar-refractivity contribution < 1.29 is 13.6 Å². The summed E-state index contributed by atoms with van der Waals surface area (Å²) in [7, 11) is 0. The molecule has 1 aromatic carbocycles. The second kappa shape index (κ2) is 5.99. The molecule has 2 rings (SSSR count). The van der Waals surface area contributed by atoms with Crippen LogP contribution in [0.2, 0.25) is 0 Å². The van der Waals surface area contributed by atoms with E-state index in [-0.39, 0.29) is 17.3 Å². The summed E-state index contributed by atoms with van der Waals surface area (Å²) in [5.74, 6) is -1.49. The fraction of sp³-hybridized carbons (Fsp3) is 0.500. The van der Waals surface area contributed by atoms with Gasteiger partial charge in [0, 0.05) is 12.5 Å². The van der Waals surface area contributed by atoms with E-state index in [9.17, 15) is 13.6 Å². The molecular weight excluding hydrogens is 250 g/mol. The van der Waals surface area contributed by atoms with Gasteiger partial charge >= 0.3 is 0 Å². The highest BCUT2D eigenvalue weighted by Gasteiger charge is 2.18. The van der Waals surface area contributed by atoms with Crippen LogP contribution >= 0.6 is 0 Å². The number of hydrogen-bond donors (Lipinski definition) is 2. The lowest BCUT2D eigenvalue weighted by Crippen LogP contribution is -2.19. The molecule has 1 aliphatic carbocycles. The molecule has 3 nitrogen and oxygen atoms in total. The van der Waals surface area contributed by atoms with E-state index in [1.165, 1.54) is 6.42 Å². The third-order valence-electron chi connectivity index (χ3n) is 3.56. The topological polar surface area (TPSA) is 55.1 Å². The van der Waals surface area contributed by atoms with Crippen molar-refractivity contribution in [3.05, 3.63) is 23.8 Å². The highest BCUT2D eigenvalue weighted by Crippen LogP contribution is 2.27. The van der Waals surface area contributed by atoms with Crippen molar-refractivity contribution in [2.24, 2.45) is 5.92 Å². The van der Waals surface area contributed by atoms with Crippen LogP contribution in [0.1, 0.15) is 38.5 Å². The molecule has 3 N–H and O–H groups in total. The number of nitrogens with two attached hydrogens (primary N) is 1. The van der Waals surface area contributed by atoms with Gasteiger partial charge < -0.3 is 11.1 Å². The number of amides is 1. The molecule has 0 radical (unpaired) electrons. The Morgan fingerprint density at radius 2 is 1.89 bits per heavy atom. The summed E-state index contributed by atoms with van der Waals surface area (Å²) in [6.07, 6.45) is 5.99. The van der Waals surface area contributed by atoms with Crippen molar-refractivity contribution in [1.29, 1.82) is 0 Å². The van der Waals surface area contributed by atoms with E-state index in [1.54, 1.807) is 0 Å². The van der Waals surface area contributed by atoms with Gasteiger partial charge in [-0.2, -0.15) is 0 Å². The molecule has 1 fully saturated rings. The van der Waals surface area contributed by atoms with E-state index in [2.05, 4.69) is 5.32 Å². The maximum absolute atomic E-state index is 13.5. The molecule has 1 amide bonds. The molecule has 0 saturated heterocycles. The molecule has 0 aliphatic heterocycles.